The lowest BCUT2D eigenvalue weighted by Gasteiger charge is -2.07. The van der Waals surface area contributed by atoms with Gasteiger partial charge in [-0.3, -0.25) is 0 Å². The molecule has 18 heavy (non-hydrogen) atoms. The van der Waals surface area contributed by atoms with Gasteiger partial charge in [-0.2, -0.15) is 0 Å². The van der Waals surface area contributed by atoms with Gasteiger partial charge in [-0.1, -0.05) is 18.2 Å². The van der Waals surface area contributed by atoms with Crippen molar-refractivity contribution in [2.75, 3.05) is 33.0 Å². The minimum Gasteiger partial charge on any atom is -0.425 e. The van der Waals surface area contributed by atoms with E-state index in [-0.39, 0.29) is 19.8 Å². The summed E-state index contributed by atoms with van der Waals surface area (Å²) in [6.07, 6.45) is 0. The zero-order chi connectivity index (χ0) is 13.2. The van der Waals surface area contributed by atoms with Gasteiger partial charge in [0, 0.05) is 0 Å². The summed E-state index contributed by atoms with van der Waals surface area (Å²) in [6, 6.07) is 7.28. The molecule has 0 bridgehead atoms. The predicted octanol–water partition coefficient (Wildman–Crippen LogP) is 0.926. The van der Waals surface area contributed by atoms with Gasteiger partial charge in [-0.15, -0.1) is 0 Å². The van der Waals surface area contributed by atoms with Gasteiger partial charge >= 0.3 is 5.97 Å². The van der Waals surface area contributed by atoms with Gasteiger partial charge in [0.15, 0.2) is 0 Å². The van der Waals surface area contributed by atoms with E-state index in [1.165, 1.54) is 0 Å². The lowest BCUT2D eigenvalue weighted by Crippen LogP contribution is -2.18. The van der Waals surface area contributed by atoms with Gasteiger partial charge in [0.2, 0.25) is 0 Å². The Kier molecular flexibility index (Phi) is 7.01. The molecule has 1 N–H and O–H groups in total. The number of aliphatic hydroxyl groups is 1. The molecule has 0 amide bonds. The maximum absolute atomic E-state index is 11.4. The fourth-order valence-corrected chi connectivity index (χ4v) is 1.26. The molecule has 0 saturated heterocycles. The number of carbonyl (C=O) groups excluding carboxylic acids is 1. The van der Waals surface area contributed by atoms with E-state index >= 15 is 0 Å². The Morgan fingerprint density at radius 1 is 1.17 bits per heavy atom. The molecule has 1 aromatic rings. The van der Waals surface area contributed by atoms with Gasteiger partial charge in [-0.25, -0.2) is 4.79 Å². The SMILES string of the molecule is Cc1ccccc1OC(=O)COCCOCCO. The standard InChI is InChI=1S/C13H18O5/c1-11-4-2-3-5-12(11)18-13(15)10-17-9-8-16-7-6-14/h2-5,14H,6-10H2,1H3. The van der Waals surface area contributed by atoms with Crippen molar-refractivity contribution in [1.29, 1.82) is 0 Å². The summed E-state index contributed by atoms with van der Waals surface area (Å²) in [7, 11) is 0. The van der Waals surface area contributed by atoms with E-state index in [9.17, 15) is 4.79 Å². The maximum Gasteiger partial charge on any atom is 0.337 e. The second kappa shape index (κ2) is 8.63. The van der Waals surface area contributed by atoms with Crippen molar-refractivity contribution in [3.63, 3.8) is 0 Å². The molecule has 5 heteroatoms. The topological polar surface area (TPSA) is 65.0 Å². The zero-order valence-corrected chi connectivity index (χ0v) is 10.4. The molecule has 0 unspecified atom stereocenters. The van der Waals surface area contributed by atoms with Crippen molar-refractivity contribution in [1.82, 2.24) is 0 Å². The average Bonchev–Trinajstić information content (AvgIpc) is 2.36. The second-order valence-electron chi connectivity index (χ2n) is 3.63. The molecule has 0 heterocycles. The first kappa shape index (κ1) is 14.6. The Bertz CT molecular complexity index is 364. The lowest BCUT2D eigenvalue weighted by molar-refractivity contribution is -0.140. The third kappa shape index (κ3) is 5.77. The molecule has 5 nitrogen and oxygen atoms in total. The van der Waals surface area contributed by atoms with Gasteiger partial charge in [0.05, 0.1) is 26.4 Å². The zero-order valence-electron chi connectivity index (χ0n) is 10.4. The Balaban J connectivity index is 2.16. The van der Waals surface area contributed by atoms with Crippen LogP contribution in [0.5, 0.6) is 5.75 Å². The number of hydrogen-bond acceptors (Lipinski definition) is 5. The first-order valence-electron chi connectivity index (χ1n) is 5.76. The van der Waals surface area contributed by atoms with Crippen LogP contribution < -0.4 is 4.74 Å². The molecule has 0 radical (unpaired) electrons. The summed E-state index contributed by atoms with van der Waals surface area (Å²) >= 11 is 0. The van der Waals surface area contributed by atoms with Gasteiger partial charge < -0.3 is 19.3 Å². The number of esters is 1. The number of para-hydroxylation sites is 1. The van der Waals surface area contributed by atoms with Crippen molar-refractivity contribution in [2.45, 2.75) is 6.92 Å². The van der Waals surface area contributed by atoms with E-state index in [4.69, 9.17) is 19.3 Å². The summed E-state index contributed by atoms with van der Waals surface area (Å²) in [5.41, 5.74) is 0.900. The van der Waals surface area contributed by atoms with Crippen LogP contribution in [0.1, 0.15) is 5.56 Å². The van der Waals surface area contributed by atoms with Crippen LogP contribution in [0, 0.1) is 6.92 Å². The van der Waals surface area contributed by atoms with Crippen LogP contribution in [-0.4, -0.2) is 44.1 Å². The summed E-state index contributed by atoms with van der Waals surface area (Å²) < 4.78 is 15.2. The molecular formula is C13H18O5. The Labute approximate surface area is 106 Å². The molecule has 0 aliphatic carbocycles. The summed E-state index contributed by atoms with van der Waals surface area (Å²) in [4.78, 5) is 11.4. The maximum atomic E-state index is 11.4. The molecule has 0 aliphatic rings. The molecule has 100 valence electrons. The molecule has 0 fully saturated rings. The Morgan fingerprint density at radius 3 is 2.61 bits per heavy atom. The number of ether oxygens (including phenoxy) is 3. The van der Waals surface area contributed by atoms with Crippen LogP contribution in [0.15, 0.2) is 24.3 Å². The lowest BCUT2D eigenvalue weighted by atomic mass is 10.2. The quantitative estimate of drug-likeness (QED) is 0.424. The fourth-order valence-electron chi connectivity index (χ4n) is 1.26. The Hall–Kier alpha value is -1.43. The Morgan fingerprint density at radius 2 is 1.89 bits per heavy atom. The first-order valence-corrected chi connectivity index (χ1v) is 5.76. The number of hydrogen-bond donors (Lipinski definition) is 1. The number of aliphatic hydroxyl groups excluding tert-OH is 1. The number of rotatable bonds is 8. The molecular weight excluding hydrogens is 236 g/mol. The summed E-state index contributed by atoms with van der Waals surface area (Å²) in [5, 5.41) is 8.46. The number of aryl methyl sites for hydroxylation is 1. The minimum atomic E-state index is -0.438. The van der Waals surface area contributed by atoms with Crippen molar-refractivity contribution >= 4 is 5.97 Å². The number of carbonyl (C=O) groups is 1. The van der Waals surface area contributed by atoms with E-state index in [0.717, 1.165) is 5.56 Å². The van der Waals surface area contributed by atoms with Crippen LogP contribution in [0.2, 0.25) is 0 Å². The van der Waals surface area contributed by atoms with Crippen LogP contribution in [0.3, 0.4) is 0 Å². The smallest absolute Gasteiger partial charge is 0.337 e. The van der Waals surface area contributed by atoms with Crippen molar-refractivity contribution < 1.29 is 24.1 Å². The van der Waals surface area contributed by atoms with Crippen molar-refractivity contribution in [3.05, 3.63) is 29.8 Å². The van der Waals surface area contributed by atoms with Crippen LogP contribution in [-0.2, 0) is 14.3 Å². The van der Waals surface area contributed by atoms with Crippen molar-refractivity contribution in [3.8, 4) is 5.75 Å². The molecule has 1 rings (SSSR count). The molecule has 0 aliphatic heterocycles. The van der Waals surface area contributed by atoms with Gasteiger partial charge in [-0.05, 0) is 18.6 Å². The summed E-state index contributed by atoms with van der Waals surface area (Å²) in [6.45, 7) is 2.65. The highest BCUT2D eigenvalue weighted by Gasteiger charge is 2.06. The first-order chi connectivity index (χ1) is 8.74. The molecule has 0 saturated carbocycles. The fraction of sp³-hybridized carbons (Fsp3) is 0.462. The largest absolute Gasteiger partial charge is 0.425 e. The van der Waals surface area contributed by atoms with E-state index < -0.39 is 5.97 Å². The highest BCUT2D eigenvalue weighted by atomic mass is 16.6. The third-order valence-corrected chi connectivity index (χ3v) is 2.14. The van der Waals surface area contributed by atoms with E-state index in [1.54, 1.807) is 12.1 Å². The monoisotopic (exact) mass is 254 g/mol. The molecule has 1 aromatic carbocycles. The molecule has 0 spiro atoms. The van der Waals surface area contributed by atoms with E-state index in [0.29, 0.717) is 19.0 Å². The molecule has 0 atom stereocenters. The summed E-state index contributed by atoms with van der Waals surface area (Å²) in [5.74, 6) is 0.106. The predicted molar refractivity (Wildman–Crippen MR) is 65.5 cm³/mol. The highest BCUT2D eigenvalue weighted by Crippen LogP contribution is 2.16. The van der Waals surface area contributed by atoms with Crippen LogP contribution in [0.25, 0.3) is 0 Å². The van der Waals surface area contributed by atoms with Crippen molar-refractivity contribution in [2.24, 2.45) is 0 Å². The van der Waals surface area contributed by atoms with E-state index in [2.05, 4.69) is 0 Å². The number of benzene rings is 1. The third-order valence-electron chi connectivity index (χ3n) is 2.14. The van der Waals surface area contributed by atoms with Crippen LogP contribution >= 0.6 is 0 Å². The van der Waals surface area contributed by atoms with E-state index in [1.807, 2.05) is 19.1 Å². The normalized spacial score (nSPS) is 10.3. The second-order valence-corrected chi connectivity index (χ2v) is 3.63. The highest BCUT2D eigenvalue weighted by molar-refractivity contribution is 5.73. The van der Waals surface area contributed by atoms with Crippen LogP contribution in [0.4, 0.5) is 0 Å². The minimum absolute atomic E-state index is 0.0185. The average molecular weight is 254 g/mol. The molecule has 0 aromatic heterocycles. The van der Waals surface area contributed by atoms with Gasteiger partial charge in [0.25, 0.3) is 0 Å². The van der Waals surface area contributed by atoms with Gasteiger partial charge in [0.1, 0.15) is 12.4 Å².